The molecule has 0 saturated carbocycles. The number of halogens is 1. The van der Waals surface area contributed by atoms with E-state index in [9.17, 15) is 5.11 Å². The van der Waals surface area contributed by atoms with Gasteiger partial charge < -0.3 is 15.7 Å². The Kier molecular flexibility index (Phi) is 2.44. The van der Waals surface area contributed by atoms with E-state index in [1.807, 2.05) is 4.90 Å². The summed E-state index contributed by atoms with van der Waals surface area (Å²) in [5.41, 5.74) is 5.56. The van der Waals surface area contributed by atoms with Crippen molar-refractivity contribution in [1.29, 1.82) is 0 Å². The third-order valence-electron chi connectivity index (χ3n) is 2.52. The van der Waals surface area contributed by atoms with Gasteiger partial charge in [-0.2, -0.15) is 4.98 Å². The molecule has 3 N–H and O–H groups in total. The van der Waals surface area contributed by atoms with E-state index in [-0.39, 0.29) is 5.28 Å². The standard InChI is InChI=1S/C9H13ClN4O/c1-9(15)2-3-14(5-9)7-6(11)4-12-8(10)13-7/h4,15H,2-3,5,11H2,1H3. The molecule has 6 heteroatoms. The van der Waals surface area contributed by atoms with Crippen molar-refractivity contribution in [2.45, 2.75) is 18.9 Å². The quantitative estimate of drug-likeness (QED) is 0.692. The molecule has 1 unspecified atom stereocenters. The Bertz CT molecular complexity index is 382. The first-order chi connectivity index (χ1) is 6.98. The van der Waals surface area contributed by atoms with E-state index < -0.39 is 5.60 Å². The molecule has 0 radical (unpaired) electrons. The second kappa shape index (κ2) is 3.50. The fraction of sp³-hybridized carbons (Fsp3) is 0.556. The molecule has 1 aliphatic heterocycles. The lowest BCUT2D eigenvalue weighted by Crippen LogP contribution is -2.30. The van der Waals surface area contributed by atoms with E-state index in [1.165, 1.54) is 6.20 Å². The molecule has 5 nitrogen and oxygen atoms in total. The number of hydrogen-bond acceptors (Lipinski definition) is 5. The highest BCUT2D eigenvalue weighted by Crippen LogP contribution is 2.28. The van der Waals surface area contributed by atoms with Gasteiger partial charge in [0.2, 0.25) is 5.28 Å². The molecule has 0 amide bonds. The first-order valence-electron chi connectivity index (χ1n) is 4.73. The normalized spacial score (nSPS) is 25.9. The maximum Gasteiger partial charge on any atom is 0.224 e. The number of rotatable bonds is 1. The van der Waals surface area contributed by atoms with Gasteiger partial charge in [-0.25, -0.2) is 4.98 Å². The van der Waals surface area contributed by atoms with E-state index >= 15 is 0 Å². The van der Waals surface area contributed by atoms with E-state index in [1.54, 1.807) is 6.92 Å². The Balaban J connectivity index is 2.27. The molecule has 0 aliphatic carbocycles. The Hall–Kier alpha value is -1.07. The minimum atomic E-state index is -0.677. The Morgan fingerprint density at radius 1 is 1.67 bits per heavy atom. The van der Waals surface area contributed by atoms with Crippen LogP contribution in [0.15, 0.2) is 6.20 Å². The SMILES string of the molecule is CC1(O)CCN(c2nc(Cl)ncc2N)C1. The maximum absolute atomic E-state index is 9.83. The van der Waals surface area contributed by atoms with Crippen LogP contribution >= 0.6 is 11.6 Å². The second-order valence-electron chi connectivity index (χ2n) is 4.09. The van der Waals surface area contributed by atoms with Crippen molar-refractivity contribution in [3.63, 3.8) is 0 Å². The van der Waals surface area contributed by atoms with Gasteiger partial charge in [-0.3, -0.25) is 0 Å². The number of nitrogen functional groups attached to an aromatic ring is 1. The van der Waals surface area contributed by atoms with Crippen molar-refractivity contribution in [1.82, 2.24) is 9.97 Å². The maximum atomic E-state index is 9.83. The van der Waals surface area contributed by atoms with Crippen molar-refractivity contribution in [3.8, 4) is 0 Å². The van der Waals surface area contributed by atoms with Crippen LogP contribution in [-0.4, -0.2) is 33.8 Å². The van der Waals surface area contributed by atoms with Crippen LogP contribution in [0.25, 0.3) is 0 Å². The molecule has 0 bridgehead atoms. The molecule has 1 saturated heterocycles. The molecule has 1 aromatic rings. The lowest BCUT2D eigenvalue weighted by Gasteiger charge is -2.20. The van der Waals surface area contributed by atoms with Crippen LogP contribution in [0.5, 0.6) is 0 Å². The summed E-state index contributed by atoms with van der Waals surface area (Å²) in [6, 6.07) is 0. The average Bonchev–Trinajstić information content (AvgIpc) is 2.50. The average molecular weight is 229 g/mol. The molecule has 1 fully saturated rings. The van der Waals surface area contributed by atoms with Crippen LogP contribution in [0.4, 0.5) is 11.5 Å². The fourth-order valence-electron chi connectivity index (χ4n) is 1.74. The first-order valence-corrected chi connectivity index (χ1v) is 5.11. The number of nitrogens with two attached hydrogens (primary N) is 1. The van der Waals surface area contributed by atoms with Crippen molar-refractivity contribution in [3.05, 3.63) is 11.5 Å². The third kappa shape index (κ3) is 2.13. The number of β-amino-alcohol motifs (C(OH)–C–C–N with tert-alkyl or cyclic N) is 1. The predicted molar refractivity (Wildman–Crippen MR) is 58.9 cm³/mol. The molecule has 82 valence electrons. The zero-order valence-electron chi connectivity index (χ0n) is 8.44. The zero-order valence-corrected chi connectivity index (χ0v) is 9.20. The minimum absolute atomic E-state index is 0.172. The summed E-state index contributed by atoms with van der Waals surface area (Å²) in [5, 5.41) is 10.00. The van der Waals surface area contributed by atoms with Gasteiger partial charge in [0.25, 0.3) is 0 Å². The topological polar surface area (TPSA) is 75.3 Å². The third-order valence-corrected chi connectivity index (χ3v) is 2.70. The lowest BCUT2D eigenvalue weighted by atomic mass is 10.1. The molecule has 2 heterocycles. The summed E-state index contributed by atoms with van der Waals surface area (Å²) in [6.45, 7) is 3.04. The Labute approximate surface area is 92.9 Å². The number of nitrogens with zero attached hydrogens (tertiary/aromatic N) is 3. The monoisotopic (exact) mass is 228 g/mol. The van der Waals surface area contributed by atoms with Gasteiger partial charge in [-0.05, 0) is 24.9 Å². The van der Waals surface area contributed by atoms with Gasteiger partial charge in [-0.15, -0.1) is 0 Å². The molecule has 2 rings (SSSR count). The second-order valence-corrected chi connectivity index (χ2v) is 4.42. The van der Waals surface area contributed by atoms with Crippen molar-refractivity contribution < 1.29 is 5.11 Å². The molecule has 1 atom stereocenters. The number of anilines is 2. The Morgan fingerprint density at radius 2 is 2.40 bits per heavy atom. The molecule has 0 spiro atoms. The van der Waals surface area contributed by atoms with E-state index in [0.29, 0.717) is 24.5 Å². The van der Waals surface area contributed by atoms with Crippen LogP contribution in [0.2, 0.25) is 5.28 Å². The molecular formula is C9H13ClN4O. The predicted octanol–water partition coefficient (Wildman–Crippen LogP) is 0.673. The van der Waals surface area contributed by atoms with Crippen LogP contribution in [0, 0.1) is 0 Å². The van der Waals surface area contributed by atoms with E-state index in [0.717, 1.165) is 6.54 Å². The van der Waals surface area contributed by atoms with Crippen LogP contribution in [-0.2, 0) is 0 Å². The van der Waals surface area contributed by atoms with E-state index in [4.69, 9.17) is 17.3 Å². The summed E-state index contributed by atoms with van der Waals surface area (Å²) in [6.07, 6.45) is 2.19. The highest BCUT2D eigenvalue weighted by molar-refractivity contribution is 6.28. The Morgan fingerprint density at radius 3 is 3.00 bits per heavy atom. The summed E-state index contributed by atoms with van der Waals surface area (Å²) in [5.74, 6) is 0.604. The van der Waals surface area contributed by atoms with Gasteiger partial charge in [0.1, 0.15) is 0 Å². The molecule has 1 aromatic heterocycles. The first kappa shape index (κ1) is 10.4. The van der Waals surface area contributed by atoms with Gasteiger partial charge in [0, 0.05) is 13.1 Å². The van der Waals surface area contributed by atoms with Crippen LogP contribution < -0.4 is 10.6 Å². The largest absolute Gasteiger partial charge is 0.394 e. The summed E-state index contributed by atoms with van der Waals surface area (Å²) >= 11 is 5.70. The summed E-state index contributed by atoms with van der Waals surface area (Å²) < 4.78 is 0. The van der Waals surface area contributed by atoms with Crippen molar-refractivity contribution >= 4 is 23.1 Å². The summed E-state index contributed by atoms with van der Waals surface area (Å²) in [7, 11) is 0. The highest BCUT2D eigenvalue weighted by atomic mass is 35.5. The van der Waals surface area contributed by atoms with Crippen LogP contribution in [0.3, 0.4) is 0 Å². The fourth-order valence-corrected chi connectivity index (χ4v) is 1.87. The lowest BCUT2D eigenvalue weighted by molar-refractivity contribution is 0.0839. The molecular weight excluding hydrogens is 216 g/mol. The molecule has 0 aromatic carbocycles. The minimum Gasteiger partial charge on any atom is -0.394 e. The number of aliphatic hydroxyl groups is 1. The van der Waals surface area contributed by atoms with Crippen molar-refractivity contribution in [2.24, 2.45) is 0 Å². The molecule has 15 heavy (non-hydrogen) atoms. The summed E-state index contributed by atoms with van der Waals surface area (Å²) in [4.78, 5) is 9.77. The zero-order chi connectivity index (χ0) is 11.1. The van der Waals surface area contributed by atoms with Gasteiger partial charge in [-0.1, -0.05) is 0 Å². The van der Waals surface area contributed by atoms with Gasteiger partial charge in [0.15, 0.2) is 5.82 Å². The number of hydrogen-bond donors (Lipinski definition) is 2. The van der Waals surface area contributed by atoms with E-state index in [2.05, 4.69) is 9.97 Å². The smallest absolute Gasteiger partial charge is 0.224 e. The van der Waals surface area contributed by atoms with Gasteiger partial charge in [0.05, 0.1) is 17.5 Å². The number of aromatic nitrogens is 2. The van der Waals surface area contributed by atoms with Crippen molar-refractivity contribution in [2.75, 3.05) is 23.7 Å². The van der Waals surface area contributed by atoms with Crippen LogP contribution in [0.1, 0.15) is 13.3 Å². The molecule has 1 aliphatic rings. The van der Waals surface area contributed by atoms with Gasteiger partial charge >= 0.3 is 0 Å². The highest BCUT2D eigenvalue weighted by Gasteiger charge is 2.32.